The molecule has 32 heavy (non-hydrogen) atoms. The second kappa shape index (κ2) is 8.46. The van der Waals surface area contributed by atoms with Crippen LogP contribution in [0.15, 0.2) is 42.6 Å². The molecule has 170 valence electrons. The maximum absolute atomic E-state index is 14.1. The highest BCUT2D eigenvalue weighted by atomic mass is 19.4. The molecular formula is C23H24F3N3O3. The summed E-state index contributed by atoms with van der Waals surface area (Å²) in [7, 11) is 1.49. The van der Waals surface area contributed by atoms with Gasteiger partial charge in [0.15, 0.2) is 5.60 Å². The van der Waals surface area contributed by atoms with E-state index in [9.17, 15) is 18.3 Å². The summed E-state index contributed by atoms with van der Waals surface area (Å²) in [6.45, 7) is 1.31. The lowest BCUT2D eigenvalue weighted by Gasteiger charge is -2.36. The Morgan fingerprint density at radius 3 is 2.81 bits per heavy atom. The van der Waals surface area contributed by atoms with Crippen molar-refractivity contribution in [2.24, 2.45) is 0 Å². The Hall–Kier alpha value is -3.07. The van der Waals surface area contributed by atoms with E-state index in [0.29, 0.717) is 45.9 Å². The summed E-state index contributed by atoms with van der Waals surface area (Å²) < 4.78 is 53.0. The minimum absolute atomic E-state index is 0.283. The molecule has 1 aliphatic heterocycles. The van der Waals surface area contributed by atoms with E-state index < -0.39 is 30.7 Å². The lowest BCUT2D eigenvalue weighted by Crippen LogP contribution is -2.51. The quantitative estimate of drug-likeness (QED) is 0.575. The molecule has 2 aromatic carbocycles. The Labute approximate surface area is 183 Å². The topological polar surface area (TPSA) is 76.5 Å². The smallest absolute Gasteiger partial charge is 0.418 e. The second-order valence-electron chi connectivity index (χ2n) is 7.98. The maximum Gasteiger partial charge on any atom is 0.418 e. The van der Waals surface area contributed by atoms with Gasteiger partial charge in [-0.15, -0.1) is 0 Å². The van der Waals surface area contributed by atoms with Crippen LogP contribution in [0.25, 0.3) is 10.9 Å². The number of aromatic nitrogens is 2. The van der Waals surface area contributed by atoms with E-state index in [-0.39, 0.29) is 6.61 Å². The van der Waals surface area contributed by atoms with Crippen molar-refractivity contribution in [1.82, 2.24) is 9.97 Å². The zero-order valence-electron chi connectivity index (χ0n) is 17.7. The number of benzene rings is 2. The number of anilines is 1. The Morgan fingerprint density at radius 2 is 2.06 bits per heavy atom. The normalized spacial score (nSPS) is 17.9. The number of fused-ring (bicyclic) bond motifs is 2. The van der Waals surface area contributed by atoms with Crippen LogP contribution in [0.4, 0.5) is 18.9 Å². The fourth-order valence-electron chi connectivity index (χ4n) is 4.02. The van der Waals surface area contributed by atoms with Gasteiger partial charge < -0.3 is 19.9 Å². The number of rotatable bonds is 6. The third-order valence-corrected chi connectivity index (χ3v) is 5.81. The molecule has 0 aliphatic carbocycles. The summed E-state index contributed by atoms with van der Waals surface area (Å²) in [6.07, 6.45) is -3.42. The van der Waals surface area contributed by atoms with Gasteiger partial charge in [-0.05, 0) is 56.0 Å². The predicted molar refractivity (Wildman–Crippen MR) is 114 cm³/mol. The number of aryl methyl sites for hydroxylation is 1. The SMILES string of the molecule is COc1ccc2c(c1)C(CC(O)(CNc1cccc3nc(C)ncc13)C(F)(F)F)CCO2. The van der Waals surface area contributed by atoms with Crippen molar-refractivity contribution in [3.05, 3.63) is 54.0 Å². The largest absolute Gasteiger partial charge is 0.497 e. The molecule has 2 N–H and O–H groups in total. The fraction of sp³-hybridized carbons (Fsp3) is 0.391. The van der Waals surface area contributed by atoms with Crippen LogP contribution in [0.1, 0.15) is 30.1 Å². The lowest BCUT2D eigenvalue weighted by atomic mass is 9.82. The van der Waals surface area contributed by atoms with Crippen LogP contribution in [-0.4, -0.2) is 47.1 Å². The summed E-state index contributed by atoms with van der Waals surface area (Å²) in [5.41, 5.74) is -1.31. The number of halogens is 3. The van der Waals surface area contributed by atoms with Crippen LogP contribution in [0.5, 0.6) is 11.5 Å². The summed E-state index contributed by atoms with van der Waals surface area (Å²) in [5.74, 6) is 1.07. The molecule has 0 spiro atoms. The molecule has 6 nitrogen and oxygen atoms in total. The van der Waals surface area contributed by atoms with E-state index in [4.69, 9.17) is 9.47 Å². The standard InChI is InChI=1S/C23H24F3N3O3/c1-14-27-12-18-19(4-3-5-20(18)29-14)28-13-22(30,23(24,25)26)11-15-8-9-32-21-7-6-16(31-2)10-17(15)21/h3-7,10,12,15,28,30H,8-9,11,13H2,1-2H3. The van der Waals surface area contributed by atoms with E-state index in [1.807, 2.05) is 0 Å². The molecular weight excluding hydrogens is 423 g/mol. The molecule has 2 atom stereocenters. The number of hydrogen-bond donors (Lipinski definition) is 2. The number of ether oxygens (including phenoxy) is 2. The first kappa shape index (κ1) is 22.1. The first-order valence-electron chi connectivity index (χ1n) is 10.3. The minimum atomic E-state index is -4.84. The molecule has 2 unspecified atom stereocenters. The molecule has 3 aromatic rings. The molecule has 0 saturated carbocycles. The van der Waals surface area contributed by atoms with E-state index in [0.717, 1.165) is 0 Å². The number of hydrogen-bond acceptors (Lipinski definition) is 6. The van der Waals surface area contributed by atoms with Crippen molar-refractivity contribution in [3.63, 3.8) is 0 Å². The molecule has 0 amide bonds. The van der Waals surface area contributed by atoms with Crippen molar-refractivity contribution in [2.45, 2.75) is 37.5 Å². The number of nitrogens with zero attached hydrogens (tertiary/aromatic N) is 2. The van der Waals surface area contributed by atoms with Gasteiger partial charge in [0.1, 0.15) is 17.3 Å². The summed E-state index contributed by atoms with van der Waals surface area (Å²) in [5, 5.41) is 14.2. The molecule has 0 bridgehead atoms. The highest BCUT2D eigenvalue weighted by Crippen LogP contribution is 2.44. The van der Waals surface area contributed by atoms with E-state index in [1.54, 1.807) is 49.5 Å². The second-order valence-corrected chi connectivity index (χ2v) is 7.98. The Balaban J connectivity index is 1.61. The predicted octanol–water partition coefficient (Wildman–Crippen LogP) is 4.61. The van der Waals surface area contributed by atoms with Gasteiger partial charge in [0.25, 0.3) is 0 Å². The lowest BCUT2D eigenvalue weighted by molar-refractivity contribution is -0.258. The number of nitrogens with one attached hydrogen (secondary N) is 1. The van der Waals surface area contributed by atoms with E-state index >= 15 is 0 Å². The molecule has 0 saturated heterocycles. The number of alkyl halides is 3. The van der Waals surface area contributed by atoms with Gasteiger partial charge in [0.2, 0.25) is 0 Å². The van der Waals surface area contributed by atoms with Crippen molar-refractivity contribution in [3.8, 4) is 11.5 Å². The van der Waals surface area contributed by atoms with Crippen LogP contribution < -0.4 is 14.8 Å². The number of methoxy groups -OCH3 is 1. The third kappa shape index (κ3) is 4.29. The van der Waals surface area contributed by atoms with Crippen molar-refractivity contribution in [2.75, 3.05) is 25.6 Å². The van der Waals surface area contributed by atoms with Crippen molar-refractivity contribution < 1.29 is 27.8 Å². The first-order valence-corrected chi connectivity index (χ1v) is 10.3. The Bertz CT molecular complexity index is 1120. The average Bonchev–Trinajstić information content (AvgIpc) is 2.76. The van der Waals surface area contributed by atoms with Crippen LogP contribution in [0.3, 0.4) is 0 Å². The molecule has 1 aromatic heterocycles. The van der Waals surface area contributed by atoms with Crippen LogP contribution >= 0.6 is 0 Å². The van der Waals surface area contributed by atoms with Gasteiger partial charge in [0.05, 0.1) is 25.8 Å². The zero-order valence-corrected chi connectivity index (χ0v) is 17.7. The average molecular weight is 447 g/mol. The zero-order chi connectivity index (χ0) is 22.9. The molecule has 0 radical (unpaired) electrons. The van der Waals surface area contributed by atoms with E-state index in [1.165, 1.54) is 7.11 Å². The third-order valence-electron chi connectivity index (χ3n) is 5.81. The highest BCUT2D eigenvalue weighted by Gasteiger charge is 2.54. The highest BCUT2D eigenvalue weighted by molar-refractivity contribution is 5.90. The van der Waals surface area contributed by atoms with Gasteiger partial charge in [-0.3, -0.25) is 0 Å². The Morgan fingerprint density at radius 1 is 1.25 bits per heavy atom. The fourth-order valence-corrected chi connectivity index (χ4v) is 4.02. The summed E-state index contributed by atoms with van der Waals surface area (Å²) in [6, 6.07) is 10.2. The van der Waals surface area contributed by atoms with E-state index in [2.05, 4.69) is 15.3 Å². The van der Waals surface area contributed by atoms with Gasteiger partial charge >= 0.3 is 6.18 Å². The summed E-state index contributed by atoms with van der Waals surface area (Å²) in [4.78, 5) is 8.44. The van der Waals surface area contributed by atoms with Gasteiger partial charge in [-0.1, -0.05) is 6.07 Å². The maximum atomic E-state index is 14.1. The van der Waals surface area contributed by atoms with Gasteiger partial charge in [0, 0.05) is 22.8 Å². The minimum Gasteiger partial charge on any atom is -0.497 e. The molecule has 4 rings (SSSR count). The van der Waals surface area contributed by atoms with Crippen LogP contribution in [-0.2, 0) is 0 Å². The summed E-state index contributed by atoms with van der Waals surface area (Å²) >= 11 is 0. The number of aliphatic hydroxyl groups is 1. The van der Waals surface area contributed by atoms with Gasteiger partial charge in [-0.2, -0.15) is 13.2 Å². The molecule has 0 fully saturated rings. The molecule has 9 heteroatoms. The van der Waals surface area contributed by atoms with Crippen LogP contribution in [0, 0.1) is 6.92 Å². The van der Waals surface area contributed by atoms with Crippen LogP contribution in [0.2, 0.25) is 0 Å². The monoisotopic (exact) mass is 447 g/mol. The molecule has 2 heterocycles. The van der Waals surface area contributed by atoms with Crippen molar-refractivity contribution in [1.29, 1.82) is 0 Å². The van der Waals surface area contributed by atoms with Gasteiger partial charge in [-0.25, -0.2) is 9.97 Å². The van der Waals surface area contributed by atoms with Crippen molar-refractivity contribution >= 4 is 16.6 Å². The molecule has 1 aliphatic rings. The Kier molecular flexibility index (Phi) is 5.85. The first-order chi connectivity index (χ1) is 15.2.